The Labute approximate surface area is 593 Å². The summed E-state index contributed by atoms with van der Waals surface area (Å²) in [6.07, 6.45) is -3.56. The van der Waals surface area contributed by atoms with Gasteiger partial charge in [-0.25, -0.2) is 0 Å². The Kier molecular flexibility index (Phi) is 21.7. The Morgan fingerprint density at radius 3 is 1.01 bits per heavy atom. The highest BCUT2D eigenvalue weighted by molar-refractivity contribution is 6.33. The molecule has 502 valence electrons. The van der Waals surface area contributed by atoms with Crippen molar-refractivity contribution in [3.8, 4) is 22.3 Å². The van der Waals surface area contributed by atoms with Gasteiger partial charge in [0.25, 0.3) is 0 Å². The topological polar surface area (TPSA) is 238 Å². The fraction of sp³-hybridized carbons (Fsp3) is 0.100. The summed E-state index contributed by atoms with van der Waals surface area (Å²) in [7, 11) is 1.95. The maximum atomic E-state index is 11.9. The van der Waals surface area contributed by atoms with Crippen LogP contribution in [0.1, 0.15) is 67.0 Å². The van der Waals surface area contributed by atoms with E-state index in [2.05, 4.69) is 235 Å². The Morgan fingerprint density at radius 2 is 0.680 bits per heavy atom. The first-order valence-electron chi connectivity index (χ1n) is 31.7. The number of nitrogens with one attached hydrogen (secondary N) is 3. The van der Waals surface area contributed by atoms with Gasteiger partial charge in [-0.2, -0.15) is 43.1 Å². The van der Waals surface area contributed by atoms with Gasteiger partial charge in [0.15, 0.2) is 0 Å². The zero-order valence-corrected chi connectivity index (χ0v) is 56.8. The summed E-state index contributed by atoms with van der Waals surface area (Å²) in [6, 6.07) is 88.9. The highest BCUT2D eigenvalue weighted by Gasteiger charge is 2.47. The lowest BCUT2D eigenvalue weighted by molar-refractivity contribution is -0.137. The van der Waals surface area contributed by atoms with Crippen molar-refractivity contribution < 1.29 is 18.3 Å². The minimum Gasteiger partial charge on any atom is -0.399 e. The standard InChI is InChI=1S/C37H32N6.C25H20N2.C8H11NO.C7H6F3N.C3Cl3N3/c1-24-12-18-29(19-13-24)41-35-39-25(2)40-36(43-35)42-30-22-16-27(17-23-30)37(26-14-20-28(38-3)21-15-26)33-10-6-4-8-31(33)32-9-5-7-11-34(32)37;26-19-13-9-17(10-14-19)25(18-11-15-20(27)16-12-18)23-7-3-1-5-21(23)22-6-2-4-8-24(22)25;9-8-3-1-7(2-4-8)5-6-10;8-7(9,10)5-1-3-6(11)4-2-5;4-1-7-2(5)9-3(6)8-1/h4-23,38H,1-3H3,(H2,39,40,41,42,43);1-16H,26-27H2;1-4,10H,5-6,9H2;1-4H,11H2;. The van der Waals surface area contributed by atoms with Gasteiger partial charge in [0.1, 0.15) is 5.82 Å². The molecular weight excluding hydrogens is 1320 g/mol. The van der Waals surface area contributed by atoms with Crippen molar-refractivity contribution in [3.05, 3.63) is 350 Å². The monoisotopic (exact) mass is 1390 g/mol. The summed E-state index contributed by atoms with van der Waals surface area (Å²) in [4.78, 5) is 24.0. The summed E-state index contributed by atoms with van der Waals surface area (Å²) in [6.45, 7) is 4.13. The van der Waals surface area contributed by atoms with Crippen LogP contribution in [-0.2, 0) is 23.4 Å². The SMILES string of the molecule is CNc1ccc(C2(c3ccc(Nc4nc(C)nc(Nc5ccc(C)cc5)n4)cc3)c3ccccc3-c3ccccc32)cc1.Clc1nc(Cl)nc(Cl)n1.Nc1ccc(C(F)(F)F)cc1.Nc1ccc(C2(c3ccc(N)cc3)c3ccccc3-c3ccccc32)cc1.Nc1ccc(CCO)cc1. The number of nitrogens with two attached hydrogens (primary N) is 4. The van der Waals surface area contributed by atoms with Gasteiger partial charge in [-0.1, -0.05) is 175 Å². The Bertz CT molecular complexity index is 4730. The van der Waals surface area contributed by atoms with Gasteiger partial charge in [0.2, 0.25) is 27.7 Å². The summed E-state index contributed by atoms with van der Waals surface area (Å²) in [5.74, 6) is 1.62. The summed E-state index contributed by atoms with van der Waals surface area (Å²) < 4.78 is 35.6. The van der Waals surface area contributed by atoms with E-state index in [1.54, 1.807) is 0 Å². The number of fused-ring (bicyclic) bond motifs is 6. The number of hydrogen-bond acceptors (Lipinski definition) is 14. The van der Waals surface area contributed by atoms with E-state index in [1.807, 2.05) is 74.6 Å². The van der Waals surface area contributed by atoms with Crippen molar-refractivity contribution in [3.63, 3.8) is 0 Å². The van der Waals surface area contributed by atoms with Gasteiger partial charge < -0.3 is 44.0 Å². The largest absolute Gasteiger partial charge is 0.416 e. The Balaban J connectivity index is 0.000000148. The minimum atomic E-state index is -4.27. The number of aryl methyl sites for hydroxylation is 2. The van der Waals surface area contributed by atoms with Gasteiger partial charge >= 0.3 is 6.18 Å². The van der Waals surface area contributed by atoms with E-state index < -0.39 is 17.2 Å². The third-order valence-electron chi connectivity index (χ3n) is 17.0. The van der Waals surface area contributed by atoms with Crippen LogP contribution < -0.4 is 38.9 Å². The van der Waals surface area contributed by atoms with Crippen molar-refractivity contribution in [2.24, 2.45) is 0 Å². The maximum absolute atomic E-state index is 11.9. The number of rotatable bonds is 11. The van der Waals surface area contributed by atoms with Crippen molar-refractivity contribution in [2.45, 2.75) is 37.3 Å². The number of anilines is 9. The molecule has 2 aliphatic rings. The van der Waals surface area contributed by atoms with Gasteiger partial charge in [-0.05, 0) is 224 Å². The van der Waals surface area contributed by atoms with Crippen LogP contribution in [0.4, 0.5) is 64.9 Å². The molecule has 15 rings (SSSR count). The predicted molar refractivity (Wildman–Crippen MR) is 401 cm³/mol. The molecule has 0 saturated carbocycles. The lowest BCUT2D eigenvalue weighted by Crippen LogP contribution is -2.28. The van der Waals surface area contributed by atoms with E-state index in [9.17, 15) is 13.2 Å². The number of nitrogens with zero attached hydrogens (tertiary/aromatic N) is 6. The molecular formula is C80H69Cl3F3N13O. The Hall–Kier alpha value is -11.3. The quantitative estimate of drug-likeness (QED) is 0.0563. The first-order chi connectivity index (χ1) is 48.3. The molecule has 14 nitrogen and oxygen atoms in total. The molecule has 0 unspecified atom stereocenters. The highest BCUT2D eigenvalue weighted by atomic mass is 35.5. The number of halogens is 6. The van der Waals surface area contributed by atoms with Gasteiger partial charge in [0.05, 0.1) is 16.4 Å². The fourth-order valence-electron chi connectivity index (χ4n) is 12.5. The predicted octanol–water partition coefficient (Wildman–Crippen LogP) is 18.5. The van der Waals surface area contributed by atoms with Crippen LogP contribution in [-0.4, -0.2) is 48.7 Å². The average Bonchev–Trinajstić information content (AvgIpc) is 1.55. The molecule has 2 aromatic heterocycles. The number of aliphatic hydroxyl groups is 1. The van der Waals surface area contributed by atoms with E-state index in [-0.39, 0.29) is 27.9 Å². The van der Waals surface area contributed by atoms with Crippen molar-refractivity contribution in [1.82, 2.24) is 29.9 Å². The van der Waals surface area contributed by atoms with Gasteiger partial charge in [0, 0.05) is 53.5 Å². The second-order valence-electron chi connectivity index (χ2n) is 23.5. The van der Waals surface area contributed by atoms with Crippen LogP contribution >= 0.6 is 34.8 Å². The molecule has 2 heterocycles. The lowest BCUT2D eigenvalue weighted by Gasteiger charge is -2.34. The second-order valence-corrected chi connectivity index (χ2v) is 24.5. The molecule has 11 aromatic carbocycles. The molecule has 0 aliphatic heterocycles. The molecule has 0 amide bonds. The van der Waals surface area contributed by atoms with Crippen molar-refractivity contribution in [1.29, 1.82) is 0 Å². The zero-order chi connectivity index (χ0) is 70.6. The molecule has 0 radical (unpaired) electrons. The number of hydrogen-bond donors (Lipinski definition) is 8. The number of aromatic nitrogens is 6. The Morgan fingerprint density at radius 1 is 0.380 bits per heavy atom. The molecule has 0 fully saturated rings. The fourth-order valence-corrected chi connectivity index (χ4v) is 13.1. The molecule has 13 aromatic rings. The van der Waals surface area contributed by atoms with E-state index in [0.717, 1.165) is 51.8 Å². The third-order valence-corrected chi connectivity index (χ3v) is 17.5. The van der Waals surface area contributed by atoms with Crippen molar-refractivity contribution >= 4 is 86.5 Å². The maximum Gasteiger partial charge on any atom is 0.416 e. The molecule has 0 bridgehead atoms. The van der Waals surface area contributed by atoms with Crippen LogP contribution in [0.15, 0.2) is 267 Å². The van der Waals surface area contributed by atoms with E-state index in [4.69, 9.17) is 62.8 Å². The van der Waals surface area contributed by atoms with Gasteiger partial charge in [-0.15, -0.1) is 0 Å². The minimum absolute atomic E-state index is 0.000000000000000444. The summed E-state index contributed by atoms with van der Waals surface area (Å²) in [5, 5.41) is 18.5. The first kappa shape index (κ1) is 70.0. The zero-order valence-electron chi connectivity index (χ0n) is 54.5. The number of benzene rings is 11. The summed E-state index contributed by atoms with van der Waals surface area (Å²) >= 11 is 16.0. The molecule has 2 aliphatic carbocycles. The average molecular weight is 1390 g/mol. The van der Waals surface area contributed by atoms with E-state index in [1.165, 1.54) is 84.5 Å². The highest BCUT2D eigenvalue weighted by Crippen LogP contribution is 2.58. The van der Waals surface area contributed by atoms with E-state index >= 15 is 0 Å². The summed E-state index contributed by atoms with van der Waals surface area (Å²) in [5.41, 5.74) is 44.1. The molecule has 0 atom stereocenters. The van der Waals surface area contributed by atoms with Crippen LogP contribution in [0.3, 0.4) is 0 Å². The second kappa shape index (κ2) is 31.0. The van der Waals surface area contributed by atoms with Gasteiger partial charge in [-0.3, -0.25) is 0 Å². The van der Waals surface area contributed by atoms with Crippen LogP contribution in [0.25, 0.3) is 22.3 Å². The normalized spacial score (nSPS) is 12.3. The number of alkyl halides is 3. The molecule has 100 heavy (non-hydrogen) atoms. The van der Waals surface area contributed by atoms with Crippen LogP contribution in [0.2, 0.25) is 15.9 Å². The van der Waals surface area contributed by atoms with Crippen molar-refractivity contribution in [2.75, 3.05) is 52.5 Å². The van der Waals surface area contributed by atoms with Crippen LogP contribution in [0.5, 0.6) is 0 Å². The first-order valence-corrected chi connectivity index (χ1v) is 32.8. The smallest absolute Gasteiger partial charge is 0.399 e. The number of aliphatic hydroxyl groups excluding tert-OH is 1. The molecule has 0 saturated heterocycles. The third kappa shape index (κ3) is 15.6. The molecule has 20 heteroatoms. The van der Waals surface area contributed by atoms with E-state index in [0.29, 0.717) is 29.8 Å². The lowest BCUT2D eigenvalue weighted by atomic mass is 9.67. The molecule has 12 N–H and O–H groups in total. The number of nitrogen functional groups attached to an aromatic ring is 4. The molecule has 0 spiro atoms. The van der Waals surface area contributed by atoms with Crippen LogP contribution in [0, 0.1) is 13.8 Å².